The molecule has 35 heavy (non-hydrogen) atoms. The number of halogens is 1. The van der Waals surface area contributed by atoms with Gasteiger partial charge in [0.2, 0.25) is 5.95 Å². The van der Waals surface area contributed by atoms with Gasteiger partial charge in [0, 0.05) is 67.8 Å². The number of aromatic nitrogens is 2. The Hall–Kier alpha value is -3.32. The number of rotatable bonds is 5. The lowest BCUT2D eigenvalue weighted by atomic mass is 9.79. The molecule has 3 heterocycles. The Bertz CT molecular complexity index is 1240. The maximum absolute atomic E-state index is 14.7. The maximum Gasteiger partial charge on any atom is 0.227 e. The first kappa shape index (κ1) is 23.4. The van der Waals surface area contributed by atoms with Gasteiger partial charge in [0.05, 0.1) is 11.4 Å². The van der Waals surface area contributed by atoms with Crippen LogP contribution in [0.15, 0.2) is 53.7 Å². The number of anilines is 3. The molecule has 0 amide bonds. The molecular formula is C28H33FN6. The molecule has 1 saturated heterocycles. The maximum atomic E-state index is 14.7. The zero-order valence-electron chi connectivity index (χ0n) is 20.9. The van der Waals surface area contributed by atoms with Crippen molar-refractivity contribution in [3.8, 4) is 11.3 Å². The fourth-order valence-electron chi connectivity index (χ4n) is 4.89. The van der Waals surface area contributed by atoms with E-state index in [4.69, 9.17) is 4.98 Å². The van der Waals surface area contributed by atoms with E-state index in [1.54, 1.807) is 12.3 Å². The third kappa shape index (κ3) is 4.91. The van der Waals surface area contributed by atoms with Crippen molar-refractivity contribution in [1.82, 2.24) is 14.9 Å². The predicted octanol–water partition coefficient (Wildman–Crippen LogP) is 5.27. The highest BCUT2D eigenvalue weighted by Crippen LogP contribution is 2.33. The summed E-state index contributed by atoms with van der Waals surface area (Å²) in [5, 5.41) is 3.28. The first-order chi connectivity index (χ1) is 16.8. The van der Waals surface area contributed by atoms with E-state index in [1.165, 1.54) is 11.6 Å². The highest BCUT2D eigenvalue weighted by molar-refractivity contribution is 5.85. The molecular weight excluding hydrogens is 439 g/mol. The molecule has 0 atom stereocenters. The van der Waals surface area contributed by atoms with Crippen LogP contribution in [0.2, 0.25) is 0 Å². The smallest absolute Gasteiger partial charge is 0.227 e. The molecule has 0 spiro atoms. The van der Waals surface area contributed by atoms with Gasteiger partial charge < -0.3 is 10.2 Å². The molecule has 1 aromatic heterocycles. The molecule has 1 N–H and O–H groups in total. The second-order valence-electron chi connectivity index (χ2n) is 10.3. The van der Waals surface area contributed by atoms with E-state index in [0.717, 1.165) is 55.2 Å². The predicted molar refractivity (Wildman–Crippen MR) is 142 cm³/mol. The third-order valence-corrected chi connectivity index (χ3v) is 7.04. The van der Waals surface area contributed by atoms with E-state index in [-0.39, 0.29) is 11.2 Å². The van der Waals surface area contributed by atoms with E-state index in [2.05, 4.69) is 71.0 Å². The SMILES string of the molecule is CC(C)N1CCN(c2cc(Nc3nccc(-c4ccc5c(c4)C(C)(C)CN=C5)n3)ccc2F)CC1. The van der Waals surface area contributed by atoms with Gasteiger partial charge in [-0.05, 0) is 55.3 Å². The minimum absolute atomic E-state index is 0.0145. The number of nitrogens with one attached hydrogen (secondary N) is 1. The van der Waals surface area contributed by atoms with Crippen LogP contribution in [0.4, 0.5) is 21.7 Å². The lowest BCUT2D eigenvalue weighted by molar-refractivity contribution is 0.209. The van der Waals surface area contributed by atoms with Crippen LogP contribution >= 0.6 is 0 Å². The Balaban J connectivity index is 1.36. The Kier molecular flexibility index (Phi) is 6.28. The van der Waals surface area contributed by atoms with Gasteiger partial charge in [-0.15, -0.1) is 0 Å². The summed E-state index contributed by atoms with van der Waals surface area (Å²) in [6, 6.07) is 13.9. The summed E-state index contributed by atoms with van der Waals surface area (Å²) >= 11 is 0. The average molecular weight is 473 g/mol. The van der Waals surface area contributed by atoms with Crippen molar-refractivity contribution in [2.75, 3.05) is 42.9 Å². The molecule has 182 valence electrons. The van der Waals surface area contributed by atoms with Gasteiger partial charge in [-0.1, -0.05) is 26.0 Å². The molecule has 2 aromatic carbocycles. The van der Waals surface area contributed by atoms with E-state index in [9.17, 15) is 4.39 Å². The summed E-state index contributed by atoms with van der Waals surface area (Å²) in [5.41, 5.74) is 5.69. The molecule has 2 aliphatic heterocycles. The molecule has 0 saturated carbocycles. The third-order valence-electron chi connectivity index (χ3n) is 7.04. The highest BCUT2D eigenvalue weighted by Gasteiger charge is 2.26. The molecule has 7 heteroatoms. The second-order valence-corrected chi connectivity index (χ2v) is 10.3. The first-order valence-electron chi connectivity index (χ1n) is 12.3. The fraction of sp³-hybridized carbons (Fsp3) is 0.393. The van der Waals surface area contributed by atoms with Crippen molar-refractivity contribution in [3.05, 3.63) is 65.6 Å². The Morgan fingerprint density at radius 3 is 2.57 bits per heavy atom. The summed E-state index contributed by atoms with van der Waals surface area (Å²) < 4.78 is 14.7. The number of hydrogen-bond acceptors (Lipinski definition) is 6. The minimum Gasteiger partial charge on any atom is -0.367 e. The van der Waals surface area contributed by atoms with Crippen LogP contribution in [0, 0.1) is 5.82 Å². The van der Waals surface area contributed by atoms with Crippen molar-refractivity contribution >= 4 is 23.5 Å². The summed E-state index contributed by atoms with van der Waals surface area (Å²) in [4.78, 5) is 18.2. The minimum atomic E-state index is -0.205. The van der Waals surface area contributed by atoms with E-state index >= 15 is 0 Å². The molecule has 1 fully saturated rings. The lowest BCUT2D eigenvalue weighted by Crippen LogP contribution is -2.49. The van der Waals surface area contributed by atoms with E-state index in [1.807, 2.05) is 18.3 Å². The molecule has 0 radical (unpaired) electrons. The lowest BCUT2D eigenvalue weighted by Gasteiger charge is -2.38. The van der Waals surface area contributed by atoms with Gasteiger partial charge in [0.15, 0.2) is 0 Å². The van der Waals surface area contributed by atoms with Crippen molar-refractivity contribution in [1.29, 1.82) is 0 Å². The Morgan fingerprint density at radius 2 is 1.80 bits per heavy atom. The zero-order chi connectivity index (χ0) is 24.6. The number of piperazine rings is 1. The van der Waals surface area contributed by atoms with Gasteiger partial charge in [-0.2, -0.15) is 0 Å². The van der Waals surface area contributed by atoms with Gasteiger partial charge in [-0.25, -0.2) is 14.4 Å². The largest absolute Gasteiger partial charge is 0.367 e. The topological polar surface area (TPSA) is 56.6 Å². The number of hydrogen-bond donors (Lipinski definition) is 1. The van der Waals surface area contributed by atoms with Gasteiger partial charge in [0.1, 0.15) is 5.82 Å². The summed E-state index contributed by atoms with van der Waals surface area (Å²) in [7, 11) is 0. The molecule has 2 aliphatic rings. The summed E-state index contributed by atoms with van der Waals surface area (Å²) in [6.07, 6.45) is 3.71. The zero-order valence-corrected chi connectivity index (χ0v) is 20.9. The van der Waals surface area contributed by atoms with Crippen molar-refractivity contribution in [2.45, 2.75) is 39.2 Å². The molecule has 0 bridgehead atoms. The summed E-state index contributed by atoms with van der Waals surface area (Å²) in [6.45, 7) is 13.1. The molecule has 0 unspecified atom stereocenters. The van der Waals surface area contributed by atoms with Crippen LogP contribution < -0.4 is 10.2 Å². The van der Waals surface area contributed by atoms with Crippen LogP contribution in [0.1, 0.15) is 38.8 Å². The van der Waals surface area contributed by atoms with Crippen LogP contribution in [0.25, 0.3) is 11.3 Å². The van der Waals surface area contributed by atoms with Crippen molar-refractivity contribution < 1.29 is 4.39 Å². The van der Waals surface area contributed by atoms with Crippen LogP contribution in [0.5, 0.6) is 0 Å². The quantitative estimate of drug-likeness (QED) is 0.549. The number of benzene rings is 2. The standard InChI is InChI=1S/C28H33FN6/c1-19(2)34-11-13-35(14-12-34)26-16-22(7-8-24(26)29)32-27-31-10-9-25(33-27)20-5-6-21-17-30-18-28(3,4)23(21)15-20/h5-10,15-17,19H,11-14,18H2,1-4H3,(H,31,32,33). The van der Waals surface area contributed by atoms with E-state index < -0.39 is 0 Å². The van der Waals surface area contributed by atoms with Crippen LogP contribution in [-0.4, -0.2) is 59.8 Å². The van der Waals surface area contributed by atoms with Crippen molar-refractivity contribution in [3.63, 3.8) is 0 Å². The Labute approximate surface area is 206 Å². The highest BCUT2D eigenvalue weighted by atomic mass is 19.1. The molecule has 6 nitrogen and oxygen atoms in total. The monoisotopic (exact) mass is 472 g/mol. The van der Waals surface area contributed by atoms with Crippen LogP contribution in [0.3, 0.4) is 0 Å². The number of fused-ring (bicyclic) bond motifs is 1. The number of nitrogens with zero attached hydrogens (tertiary/aromatic N) is 5. The van der Waals surface area contributed by atoms with Crippen LogP contribution in [-0.2, 0) is 5.41 Å². The number of aliphatic imine (C=N–C) groups is 1. The second kappa shape index (κ2) is 9.38. The average Bonchev–Trinajstić information content (AvgIpc) is 2.85. The molecule has 5 rings (SSSR count). The van der Waals surface area contributed by atoms with Crippen molar-refractivity contribution in [2.24, 2.45) is 4.99 Å². The normalized spacial score (nSPS) is 17.5. The van der Waals surface area contributed by atoms with Gasteiger partial charge >= 0.3 is 0 Å². The first-order valence-corrected chi connectivity index (χ1v) is 12.3. The van der Waals surface area contributed by atoms with Gasteiger partial charge in [-0.3, -0.25) is 9.89 Å². The summed E-state index contributed by atoms with van der Waals surface area (Å²) in [5.74, 6) is 0.284. The Morgan fingerprint density at radius 1 is 1.00 bits per heavy atom. The fourth-order valence-corrected chi connectivity index (χ4v) is 4.89. The van der Waals surface area contributed by atoms with Gasteiger partial charge in [0.25, 0.3) is 0 Å². The van der Waals surface area contributed by atoms with E-state index in [0.29, 0.717) is 17.7 Å². The molecule has 0 aliphatic carbocycles. The molecule has 3 aromatic rings.